The van der Waals surface area contributed by atoms with Crippen LogP contribution in [0.3, 0.4) is 0 Å². The number of hydrogen-bond donors (Lipinski definition) is 3. The maximum atomic E-state index is 11.7. The van der Waals surface area contributed by atoms with Gasteiger partial charge in [-0.15, -0.1) is 0 Å². The van der Waals surface area contributed by atoms with Crippen molar-refractivity contribution in [3.05, 3.63) is 28.2 Å². The summed E-state index contributed by atoms with van der Waals surface area (Å²) in [4.78, 5) is 23.3. The molecule has 0 unspecified atom stereocenters. The van der Waals surface area contributed by atoms with Crippen LogP contribution in [0.5, 0.6) is 0 Å². The zero-order chi connectivity index (χ0) is 14.4. The fourth-order valence-electron chi connectivity index (χ4n) is 1.40. The van der Waals surface area contributed by atoms with Gasteiger partial charge >= 0.3 is 11.8 Å². The molecule has 19 heavy (non-hydrogen) atoms. The fourth-order valence-corrected chi connectivity index (χ4v) is 1.88. The van der Waals surface area contributed by atoms with Crippen LogP contribution in [0.1, 0.15) is 12.5 Å². The second-order valence-electron chi connectivity index (χ2n) is 3.76. The molecule has 0 aliphatic heterocycles. The number of nitrogens with two attached hydrogens (primary N) is 1. The van der Waals surface area contributed by atoms with E-state index >= 15 is 0 Å². The molecule has 0 aliphatic carbocycles. The second-order valence-corrected chi connectivity index (χ2v) is 5.20. The molecule has 0 saturated heterocycles. The summed E-state index contributed by atoms with van der Waals surface area (Å²) in [5.41, 5.74) is 6.78. The highest BCUT2D eigenvalue weighted by Crippen LogP contribution is 2.21. The Hall–Kier alpha value is -1.47. The predicted octanol–water partition coefficient (Wildman–Crippen LogP) is 1.35. The van der Waals surface area contributed by atoms with Gasteiger partial charge < -0.3 is 16.4 Å². The van der Waals surface area contributed by atoms with Crippen molar-refractivity contribution in [1.82, 2.24) is 5.32 Å². The van der Waals surface area contributed by atoms with Crippen molar-refractivity contribution >= 4 is 50.6 Å². The maximum absolute atomic E-state index is 11.7. The molecule has 0 heterocycles. The average Bonchev–Trinajstić information content (AvgIpc) is 2.37. The number of carbonyl (C=O) groups is 2. The number of rotatable bonds is 4. The molecule has 0 fully saturated rings. The number of benzene rings is 1. The quantitative estimate of drug-likeness (QED) is 0.569. The van der Waals surface area contributed by atoms with Crippen LogP contribution in [-0.4, -0.2) is 23.3 Å². The van der Waals surface area contributed by atoms with Gasteiger partial charge in [0.05, 0.1) is 11.5 Å². The van der Waals surface area contributed by atoms with E-state index in [0.29, 0.717) is 5.69 Å². The third-order valence-electron chi connectivity index (χ3n) is 2.33. The van der Waals surface area contributed by atoms with E-state index in [4.69, 9.17) is 5.73 Å². The number of halogens is 1. The fraction of sp³-hybridized carbons (Fsp3) is 0.250. The minimum atomic E-state index is -0.766. The van der Waals surface area contributed by atoms with Gasteiger partial charge in [-0.1, -0.05) is 35.1 Å². The first kappa shape index (κ1) is 15.6. The summed E-state index contributed by atoms with van der Waals surface area (Å²) < 4.78 is 0.917. The van der Waals surface area contributed by atoms with Gasteiger partial charge in [0, 0.05) is 10.2 Å². The number of thiocarbonyl (C=S) groups is 1. The first-order valence-electron chi connectivity index (χ1n) is 5.60. The van der Waals surface area contributed by atoms with Crippen LogP contribution in [0.4, 0.5) is 5.69 Å². The zero-order valence-corrected chi connectivity index (χ0v) is 12.7. The van der Waals surface area contributed by atoms with E-state index in [9.17, 15) is 9.59 Å². The smallest absolute Gasteiger partial charge is 0.313 e. The van der Waals surface area contributed by atoms with Crippen LogP contribution in [0.2, 0.25) is 0 Å². The molecule has 0 atom stereocenters. The van der Waals surface area contributed by atoms with E-state index in [-0.39, 0.29) is 11.5 Å². The Morgan fingerprint density at radius 2 is 2.05 bits per heavy atom. The van der Waals surface area contributed by atoms with E-state index in [1.54, 1.807) is 12.1 Å². The van der Waals surface area contributed by atoms with Gasteiger partial charge in [0.2, 0.25) is 0 Å². The lowest BCUT2D eigenvalue weighted by Crippen LogP contribution is -2.39. The Balaban J connectivity index is 2.71. The Bertz CT molecular complexity index is 520. The normalized spacial score (nSPS) is 9.79. The molecular weight excluding hydrogens is 330 g/mol. The topological polar surface area (TPSA) is 84.2 Å². The maximum Gasteiger partial charge on any atom is 0.313 e. The summed E-state index contributed by atoms with van der Waals surface area (Å²) in [6.07, 6.45) is 0.740. The van der Waals surface area contributed by atoms with E-state index in [2.05, 4.69) is 38.8 Å². The number of carbonyl (C=O) groups excluding carboxylic acids is 2. The Kier molecular flexibility index (Phi) is 5.91. The number of aryl methyl sites for hydroxylation is 1. The number of nitrogens with one attached hydrogen (secondary N) is 2. The summed E-state index contributed by atoms with van der Waals surface area (Å²) >= 11 is 7.96. The van der Waals surface area contributed by atoms with Gasteiger partial charge in [-0.05, 0) is 30.2 Å². The molecule has 1 rings (SSSR count). The van der Waals surface area contributed by atoms with Crippen LogP contribution in [-0.2, 0) is 16.0 Å². The highest BCUT2D eigenvalue weighted by Gasteiger charge is 2.14. The van der Waals surface area contributed by atoms with Crippen molar-refractivity contribution in [3.63, 3.8) is 0 Å². The molecule has 0 radical (unpaired) electrons. The van der Waals surface area contributed by atoms with Crippen molar-refractivity contribution < 1.29 is 9.59 Å². The third kappa shape index (κ3) is 4.96. The highest BCUT2D eigenvalue weighted by molar-refractivity contribution is 9.10. The van der Waals surface area contributed by atoms with Crippen LogP contribution in [0.25, 0.3) is 0 Å². The predicted molar refractivity (Wildman–Crippen MR) is 81.9 cm³/mol. The zero-order valence-electron chi connectivity index (χ0n) is 10.3. The van der Waals surface area contributed by atoms with Crippen molar-refractivity contribution in [2.75, 3.05) is 11.9 Å². The summed E-state index contributed by atoms with van der Waals surface area (Å²) in [6.45, 7) is 1.97. The van der Waals surface area contributed by atoms with Gasteiger partial charge in [0.15, 0.2) is 0 Å². The summed E-state index contributed by atoms with van der Waals surface area (Å²) in [6, 6.07) is 5.42. The van der Waals surface area contributed by atoms with Gasteiger partial charge in [-0.25, -0.2) is 0 Å². The van der Waals surface area contributed by atoms with Crippen LogP contribution >= 0.6 is 28.1 Å². The lowest BCUT2D eigenvalue weighted by Gasteiger charge is -2.10. The number of hydrogen-bond acceptors (Lipinski definition) is 3. The minimum absolute atomic E-state index is 0.00254. The highest BCUT2D eigenvalue weighted by atomic mass is 79.9. The molecule has 4 N–H and O–H groups in total. The average molecular weight is 344 g/mol. The molecule has 5 nitrogen and oxygen atoms in total. The molecule has 1 aromatic carbocycles. The molecule has 0 spiro atoms. The van der Waals surface area contributed by atoms with Crippen molar-refractivity contribution in [1.29, 1.82) is 0 Å². The molecule has 7 heteroatoms. The summed E-state index contributed by atoms with van der Waals surface area (Å²) in [7, 11) is 0. The molecule has 0 aliphatic rings. The molecule has 0 saturated carbocycles. The van der Waals surface area contributed by atoms with Crippen molar-refractivity contribution in [2.45, 2.75) is 13.3 Å². The largest absolute Gasteiger partial charge is 0.392 e. The van der Waals surface area contributed by atoms with Gasteiger partial charge in [-0.3, -0.25) is 9.59 Å². The minimum Gasteiger partial charge on any atom is -0.392 e. The first-order valence-corrected chi connectivity index (χ1v) is 6.80. The van der Waals surface area contributed by atoms with E-state index in [1.165, 1.54) is 0 Å². The Morgan fingerprint density at radius 1 is 1.37 bits per heavy atom. The molecule has 1 aromatic rings. The Labute approximate surface area is 125 Å². The van der Waals surface area contributed by atoms with E-state index < -0.39 is 11.8 Å². The van der Waals surface area contributed by atoms with Gasteiger partial charge in [-0.2, -0.15) is 0 Å². The SMILES string of the molecule is CCc1cc(Br)ccc1NC(=O)C(=O)NCC(N)=S. The van der Waals surface area contributed by atoms with Crippen LogP contribution < -0.4 is 16.4 Å². The molecule has 2 amide bonds. The van der Waals surface area contributed by atoms with E-state index in [1.807, 2.05) is 13.0 Å². The van der Waals surface area contributed by atoms with Crippen LogP contribution in [0, 0.1) is 0 Å². The van der Waals surface area contributed by atoms with Crippen LogP contribution in [0.15, 0.2) is 22.7 Å². The second kappa shape index (κ2) is 7.20. The Morgan fingerprint density at radius 3 is 2.63 bits per heavy atom. The van der Waals surface area contributed by atoms with Gasteiger partial charge in [0.25, 0.3) is 0 Å². The third-order valence-corrected chi connectivity index (χ3v) is 2.96. The van der Waals surface area contributed by atoms with Crippen molar-refractivity contribution in [2.24, 2.45) is 5.73 Å². The number of amides is 2. The standard InChI is InChI=1S/C12H14BrN3O2S/c1-2-7-5-8(13)3-4-9(7)16-12(18)11(17)15-6-10(14)19/h3-5H,2,6H2,1H3,(H2,14,19)(H,15,17)(H,16,18). The molecule has 0 aromatic heterocycles. The van der Waals surface area contributed by atoms with Crippen molar-refractivity contribution in [3.8, 4) is 0 Å². The lowest BCUT2D eigenvalue weighted by molar-refractivity contribution is -0.135. The first-order chi connectivity index (χ1) is 8.93. The molecular formula is C12H14BrN3O2S. The monoisotopic (exact) mass is 343 g/mol. The summed E-state index contributed by atoms with van der Waals surface area (Å²) in [5.74, 6) is -1.51. The molecule has 0 bridgehead atoms. The lowest BCUT2D eigenvalue weighted by atomic mass is 10.1. The van der Waals surface area contributed by atoms with Gasteiger partial charge in [0.1, 0.15) is 0 Å². The summed E-state index contributed by atoms with van der Waals surface area (Å²) in [5, 5.41) is 4.88. The number of anilines is 1. The van der Waals surface area contributed by atoms with E-state index in [0.717, 1.165) is 16.5 Å². The molecule has 102 valence electrons.